The van der Waals surface area contributed by atoms with Crippen LogP contribution in [-0.2, 0) is 6.42 Å². The highest BCUT2D eigenvalue weighted by atomic mass is 14.5. The third-order valence-electron chi connectivity index (χ3n) is 3.98. The Morgan fingerprint density at radius 3 is 2.71 bits per heavy atom. The van der Waals surface area contributed by atoms with E-state index in [1.54, 1.807) is 5.57 Å². The van der Waals surface area contributed by atoms with E-state index < -0.39 is 0 Å². The van der Waals surface area contributed by atoms with Crippen LogP contribution in [0, 0.1) is 5.41 Å². The van der Waals surface area contributed by atoms with Crippen LogP contribution in [0.2, 0.25) is 0 Å². The maximum atomic E-state index is 2.49. The van der Waals surface area contributed by atoms with Gasteiger partial charge in [-0.15, -0.1) is 0 Å². The van der Waals surface area contributed by atoms with Crippen molar-refractivity contribution >= 4 is 0 Å². The lowest BCUT2D eigenvalue weighted by atomic mass is 10.00. The van der Waals surface area contributed by atoms with E-state index in [4.69, 9.17) is 0 Å². The molecular formula is C17H24. The Bertz CT molecular complexity index is 374. The average molecular weight is 228 g/mol. The van der Waals surface area contributed by atoms with Gasteiger partial charge in [0.05, 0.1) is 0 Å². The van der Waals surface area contributed by atoms with Gasteiger partial charge in [0.1, 0.15) is 0 Å². The van der Waals surface area contributed by atoms with Gasteiger partial charge in [0.15, 0.2) is 0 Å². The Morgan fingerprint density at radius 1 is 1.24 bits per heavy atom. The molecule has 1 aromatic carbocycles. The van der Waals surface area contributed by atoms with Crippen LogP contribution in [0.3, 0.4) is 0 Å². The summed E-state index contributed by atoms with van der Waals surface area (Å²) in [6.07, 6.45) is 10.3. The second-order valence-corrected chi connectivity index (χ2v) is 5.59. The van der Waals surface area contributed by atoms with Crippen LogP contribution in [0.5, 0.6) is 0 Å². The number of hydrogen-bond donors (Lipinski definition) is 0. The zero-order chi connectivity index (χ0) is 12.1. The molecule has 0 nitrogen and oxygen atoms in total. The first-order valence-corrected chi connectivity index (χ1v) is 6.98. The van der Waals surface area contributed by atoms with Crippen LogP contribution >= 0.6 is 0 Å². The summed E-state index contributed by atoms with van der Waals surface area (Å²) in [6, 6.07) is 10.8. The molecule has 1 aliphatic carbocycles. The predicted octanol–water partition coefficient (Wildman–Crippen LogP) is 5.15. The smallest absolute Gasteiger partial charge is 0.00787 e. The van der Waals surface area contributed by atoms with Gasteiger partial charge in [0.25, 0.3) is 0 Å². The van der Waals surface area contributed by atoms with Gasteiger partial charge in [-0.25, -0.2) is 0 Å². The highest BCUT2D eigenvalue weighted by molar-refractivity contribution is 5.31. The summed E-state index contributed by atoms with van der Waals surface area (Å²) in [6.45, 7) is 4.71. The molecule has 1 atom stereocenters. The van der Waals surface area contributed by atoms with Crippen molar-refractivity contribution in [2.75, 3.05) is 0 Å². The van der Waals surface area contributed by atoms with E-state index in [0.717, 1.165) is 0 Å². The van der Waals surface area contributed by atoms with Crippen LogP contribution in [0.15, 0.2) is 42.0 Å². The molecule has 0 heterocycles. The van der Waals surface area contributed by atoms with Crippen molar-refractivity contribution in [2.24, 2.45) is 5.41 Å². The molecule has 0 aliphatic heterocycles. The Balaban J connectivity index is 1.76. The van der Waals surface area contributed by atoms with Crippen molar-refractivity contribution in [1.82, 2.24) is 0 Å². The van der Waals surface area contributed by atoms with Crippen molar-refractivity contribution < 1.29 is 0 Å². The van der Waals surface area contributed by atoms with E-state index in [-0.39, 0.29) is 0 Å². The zero-order valence-electron chi connectivity index (χ0n) is 11.2. The number of rotatable bonds is 6. The molecule has 0 saturated heterocycles. The minimum Gasteiger partial charge on any atom is -0.0844 e. The molecule has 0 amide bonds. The standard InChI is InChI=1S/C17H24/c1-3-4-13-17(2)14-16(17)12-8-11-15-9-6-5-7-10-15/h5-7,9-10,12H,3-4,8,11,13-14H2,1-2H3/b16-12+/t17-/m0/s1. The van der Waals surface area contributed by atoms with Gasteiger partial charge in [-0.2, -0.15) is 0 Å². The van der Waals surface area contributed by atoms with E-state index in [9.17, 15) is 0 Å². The lowest BCUT2D eigenvalue weighted by Gasteiger charge is -2.05. The molecule has 1 saturated carbocycles. The van der Waals surface area contributed by atoms with Crippen LogP contribution in [-0.4, -0.2) is 0 Å². The van der Waals surface area contributed by atoms with Gasteiger partial charge >= 0.3 is 0 Å². The highest BCUT2D eigenvalue weighted by Gasteiger charge is 2.42. The molecule has 1 fully saturated rings. The van der Waals surface area contributed by atoms with Gasteiger partial charge < -0.3 is 0 Å². The quantitative estimate of drug-likeness (QED) is 0.591. The average Bonchev–Trinajstić information content (AvgIpc) is 3.00. The Hall–Kier alpha value is -1.04. The summed E-state index contributed by atoms with van der Waals surface area (Å²) < 4.78 is 0. The van der Waals surface area contributed by atoms with E-state index >= 15 is 0 Å². The van der Waals surface area contributed by atoms with Crippen molar-refractivity contribution in [2.45, 2.75) is 52.4 Å². The second-order valence-electron chi connectivity index (χ2n) is 5.59. The molecule has 1 aromatic rings. The molecule has 0 radical (unpaired) electrons. The summed E-state index contributed by atoms with van der Waals surface area (Å²) in [5.41, 5.74) is 3.74. The molecular weight excluding hydrogens is 204 g/mol. The third-order valence-corrected chi connectivity index (χ3v) is 3.98. The monoisotopic (exact) mass is 228 g/mol. The maximum absolute atomic E-state index is 2.49. The molecule has 0 aromatic heterocycles. The molecule has 92 valence electrons. The largest absolute Gasteiger partial charge is 0.0844 e. The fourth-order valence-corrected chi connectivity index (χ4v) is 2.57. The number of allylic oxidation sites excluding steroid dienone is 2. The van der Waals surface area contributed by atoms with Gasteiger partial charge in [-0.1, -0.05) is 68.7 Å². The van der Waals surface area contributed by atoms with E-state index in [1.807, 2.05) is 0 Å². The number of unbranched alkanes of at least 4 members (excludes halogenated alkanes) is 1. The minimum absolute atomic E-state index is 0.576. The number of hydrogen-bond acceptors (Lipinski definition) is 0. The molecule has 1 aliphatic rings. The Labute approximate surface area is 106 Å². The first kappa shape index (κ1) is 12.4. The summed E-state index contributed by atoms with van der Waals surface area (Å²) in [7, 11) is 0. The summed E-state index contributed by atoms with van der Waals surface area (Å²) >= 11 is 0. The van der Waals surface area contributed by atoms with E-state index in [2.05, 4.69) is 50.3 Å². The summed E-state index contributed by atoms with van der Waals surface area (Å²) in [5.74, 6) is 0. The number of aryl methyl sites for hydroxylation is 1. The fraction of sp³-hybridized carbons (Fsp3) is 0.529. The highest BCUT2D eigenvalue weighted by Crippen LogP contribution is 2.55. The van der Waals surface area contributed by atoms with Crippen LogP contribution in [0.1, 0.15) is 51.5 Å². The zero-order valence-corrected chi connectivity index (χ0v) is 11.2. The topological polar surface area (TPSA) is 0 Å². The molecule has 0 bridgehead atoms. The van der Waals surface area contributed by atoms with Crippen molar-refractivity contribution in [3.05, 3.63) is 47.5 Å². The Kier molecular flexibility index (Phi) is 4.04. The second kappa shape index (κ2) is 5.53. The maximum Gasteiger partial charge on any atom is -0.00787 e. The van der Waals surface area contributed by atoms with Gasteiger partial charge in [0, 0.05) is 0 Å². The molecule has 2 rings (SSSR count). The van der Waals surface area contributed by atoms with E-state index in [1.165, 1.54) is 44.1 Å². The molecule has 0 spiro atoms. The fourth-order valence-electron chi connectivity index (χ4n) is 2.57. The van der Waals surface area contributed by atoms with Gasteiger partial charge in [0.2, 0.25) is 0 Å². The van der Waals surface area contributed by atoms with Crippen molar-refractivity contribution in [3.63, 3.8) is 0 Å². The van der Waals surface area contributed by atoms with Crippen LogP contribution < -0.4 is 0 Å². The molecule has 0 heteroatoms. The van der Waals surface area contributed by atoms with Gasteiger partial charge in [-0.05, 0) is 36.7 Å². The third kappa shape index (κ3) is 3.46. The summed E-state index contributed by atoms with van der Waals surface area (Å²) in [5, 5.41) is 0. The first-order valence-electron chi connectivity index (χ1n) is 6.98. The minimum atomic E-state index is 0.576. The normalized spacial score (nSPS) is 25.2. The SMILES string of the molecule is CCCC[C@@]1(C)C/C1=C\CCc1ccccc1. The van der Waals surface area contributed by atoms with Crippen molar-refractivity contribution in [3.8, 4) is 0 Å². The lowest BCUT2D eigenvalue weighted by Crippen LogP contribution is -1.92. The van der Waals surface area contributed by atoms with Crippen LogP contribution in [0.4, 0.5) is 0 Å². The Morgan fingerprint density at radius 2 is 2.00 bits per heavy atom. The van der Waals surface area contributed by atoms with Gasteiger partial charge in [-0.3, -0.25) is 0 Å². The molecule has 0 unspecified atom stereocenters. The summed E-state index contributed by atoms with van der Waals surface area (Å²) in [4.78, 5) is 0. The van der Waals surface area contributed by atoms with Crippen LogP contribution in [0.25, 0.3) is 0 Å². The van der Waals surface area contributed by atoms with E-state index in [0.29, 0.717) is 5.41 Å². The lowest BCUT2D eigenvalue weighted by molar-refractivity contribution is 0.512. The molecule has 17 heavy (non-hydrogen) atoms. The predicted molar refractivity (Wildman–Crippen MR) is 75.1 cm³/mol. The number of benzene rings is 1. The molecule has 0 N–H and O–H groups in total. The first-order chi connectivity index (χ1) is 8.24. The van der Waals surface area contributed by atoms with Crippen molar-refractivity contribution in [1.29, 1.82) is 0 Å².